The molecule has 0 aromatic heterocycles. The molecule has 0 saturated heterocycles. The maximum absolute atomic E-state index is 12.7. The van der Waals surface area contributed by atoms with Crippen LogP contribution in [0.25, 0.3) is 0 Å². The van der Waals surface area contributed by atoms with Gasteiger partial charge >= 0.3 is 5.97 Å². The van der Waals surface area contributed by atoms with Crippen LogP contribution in [0.2, 0.25) is 0 Å². The highest BCUT2D eigenvalue weighted by atomic mass is 16.4. The van der Waals surface area contributed by atoms with Crippen LogP contribution in [0.5, 0.6) is 0 Å². The van der Waals surface area contributed by atoms with E-state index in [2.05, 4.69) is 10.6 Å². The van der Waals surface area contributed by atoms with Gasteiger partial charge in [-0.15, -0.1) is 0 Å². The van der Waals surface area contributed by atoms with Crippen LogP contribution >= 0.6 is 0 Å². The Morgan fingerprint density at radius 2 is 1.64 bits per heavy atom. The van der Waals surface area contributed by atoms with Gasteiger partial charge < -0.3 is 27.2 Å². The molecule has 9 nitrogen and oxygen atoms in total. The highest BCUT2D eigenvalue weighted by molar-refractivity contribution is 5.92. The molecule has 1 aromatic rings. The molecule has 0 heterocycles. The Morgan fingerprint density at radius 3 is 2.14 bits per heavy atom. The first-order valence-electron chi connectivity index (χ1n) is 9.03. The van der Waals surface area contributed by atoms with E-state index in [9.17, 15) is 24.3 Å². The smallest absolute Gasteiger partial charge is 0.326 e. The van der Waals surface area contributed by atoms with E-state index in [4.69, 9.17) is 11.5 Å². The second-order valence-electron chi connectivity index (χ2n) is 6.93. The molecule has 1 aromatic carbocycles. The number of rotatable bonds is 11. The normalized spacial score (nSPS) is 14.0. The van der Waals surface area contributed by atoms with Gasteiger partial charge in [0.1, 0.15) is 12.1 Å². The lowest BCUT2D eigenvalue weighted by molar-refractivity contribution is -0.143. The van der Waals surface area contributed by atoms with E-state index in [1.165, 1.54) is 0 Å². The Hall–Kier alpha value is -2.94. The number of hydrogen-bond acceptors (Lipinski definition) is 5. The predicted molar refractivity (Wildman–Crippen MR) is 103 cm³/mol. The molecular weight excluding hydrogens is 364 g/mol. The Labute approximate surface area is 163 Å². The lowest BCUT2D eigenvalue weighted by Gasteiger charge is -2.24. The molecule has 1 rings (SSSR count). The van der Waals surface area contributed by atoms with Crippen LogP contribution < -0.4 is 22.1 Å². The molecule has 3 amide bonds. The average molecular weight is 392 g/mol. The third kappa shape index (κ3) is 7.75. The second kappa shape index (κ2) is 11.0. The minimum Gasteiger partial charge on any atom is -0.480 e. The summed E-state index contributed by atoms with van der Waals surface area (Å²) in [6.45, 7) is 3.34. The molecule has 0 aliphatic carbocycles. The minimum absolute atomic E-state index is 0.0462. The van der Waals surface area contributed by atoms with Crippen LogP contribution in [0.4, 0.5) is 0 Å². The van der Waals surface area contributed by atoms with Gasteiger partial charge in [-0.3, -0.25) is 14.4 Å². The van der Waals surface area contributed by atoms with Crippen molar-refractivity contribution in [3.63, 3.8) is 0 Å². The summed E-state index contributed by atoms with van der Waals surface area (Å²) < 4.78 is 0. The molecule has 0 radical (unpaired) electrons. The maximum atomic E-state index is 12.7. The van der Waals surface area contributed by atoms with Gasteiger partial charge in [-0.2, -0.15) is 0 Å². The summed E-state index contributed by atoms with van der Waals surface area (Å²) in [7, 11) is 0. The molecule has 0 spiro atoms. The van der Waals surface area contributed by atoms with E-state index in [-0.39, 0.29) is 25.2 Å². The number of primary amides is 1. The Kier molecular flexibility index (Phi) is 9.10. The maximum Gasteiger partial charge on any atom is 0.326 e. The van der Waals surface area contributed by atoms with Gasteiger partial charge in [-0.1, -0.05) is 44.2 Å². The summed E-state index contributed by atoms with van der Waals surface area (Å²) in [4.78, 5) is 47.2. The van der Waals surface area contributed by atoms with E-state index < -0.39 is 41.8 Å². The third-order valence-electron chi connectivity index (χ3n) is 4.18. The molecule has 0 aliphatic heterocycles. The van der Waals surface area contributed by atoms with Crippen molar-refractivity contribution in [2.24, 2.45) is 17.4 Å². The molecule has 154 valence electrons. The zero-order valence-electron chi connectivity index (χ0n) is 16.1. The molecule has 0 saturated carbocycles. The summed E-state index contributed by atoms with van der Waals surface area (Å²) in [5.41, 5.74) is 11.6. The van der Waals surface area contributed by atoms with Crippen LogP contribution in [-0.2, 0) is 25.6 Å². The first kappa shape index (κ1) is 23.1. The fourth-order valence-corrected chi connectivity index (χ4v) is 2.53. The number of nitrogens with two attached hydrogens (primary N) is 2. The molecule has 9 heteroatoms. The van der Waals surface area contributed by atoms with Crippen molar-refractivity contribution in [3.8, 4) is 0 Å². The Morgan fingerprint density at radius 1 is 1.04 bits per heavy atom. The van der Waals surface area contributed by atoms with Crippen molar-refractivity contribution in [1.29, 1.82) is 0 Å². The number of carboxylic acid groups (broad SMARTS) is 1. The van der Waals surface area contributed by atoms with Gasteiger partial charge in [0, 0.05) is 12.8 Å². The highest BCUT2D eigenvalue weighted by Gasteiger charge is 2.29. The van der Waals surface area contributed by atoms with Crippen LogP contribution in [0, 0.1) is 5.92 Å². The van der Waals surface area contributed by atoms with Crippen LogP contribution in [-0.4, -0.2) is 46.9 Å². The quantitative estimate of drug-likeness (QED) is 0.342. The van der Waals surface area contributed by atoms with E-state index in [0.29, 0.717) is 0 Å². The second-order valence-corrected chi connectivity index (χ2v) is 6.93. The molecule has 28 heavy (non-hydrogen) atoms. The van der Waals surface area contributed by atoms with Gasteiger partial charge in [-0.25, -0.2) is 4.79 Å². The van der Waals surface area contributed by atoms with Crippen LogP contribution in [0.15, 0.2) is 30.3 Å². The summed E-state index contributed by atoms with van der Waals surface area (Å²) >= 11 is 0. The zero-order valence-corrected chi connectivity index (χ0v) is 16.1. The van der Waals surface area contributed by atoms with Gasteiger partial charge in [0.05, 0.1) is 6.04 Å². The number of benzene rings is 1. The summed E-state index contributed by atoms with van der Waals surface area (Å²) in [6, 6.07) is 5.85. The average Bonchev–Trinajstić information content (AvgIpc) is 2.63. The number of amides is 3. The fourth-order valence-electron chi connectivity index (χ4n) is 2.53. The first-order valence-corrected chi connectivity index (χ1v) is 9.03. The predicted octanol–water partition coefficient (Wildman–Crippen LogP) is -0.468. The van der Waals surface area contributed by atoms with Gasteiger partial charge in [0.25, 0.3) is 0 Å². The molecule has 0 unspecified atom stereocenters. The summed E-state index contributed by atoms with van der Waals surface area (Å²) in [6.07, 6.45) is 0.147. The Balaban J connectivity index is 2.92. The summed E-state index contributed by atoms with van der Waals surface area (Å²) in [5.74, 6) is -3.32. The van der Waals surface area contributed by atoms with Crippen molar-refractivity contribution < 1.29 is 24.3 Å². The summed E-state index contributed by atoms with van der Waals surface area (Å²) in [5, 5.41) is 14.3. The number of carboxylic acids is 1. The van der Waals surface area contributed by atoms with Crippen molar-refractivity contribution >= 4 is 23.7 Å². The van der Waals surface area contributed by atoms with Crippen LogP contribution in [0.3, 0.4) is 0 Å². The van der Waals surface area contributed by atoms with Gasteiger partial charge in [0.2, 0.25) is 17.7 Å². The molecular formula is C19H28N4O5. The number of aliphatic carboxylic acids is 1. The minimum atomic E-state index is -1.16. The van der Waals surface area contributed by atoms with Crippen LogP contribution in [0.1, 0.15) is 32.3 Å². The topological polar surface area (TPSA) is 165 Å². The van der Waals surface area contributed by atoms with Crippen molar-refractivity contribution in [1.82, 2.24) is 10.6 Å². The molecule has 0 fully saturated rings. The lowest BCUT2D eigenvalue weighted by Crippen LogP contribution is -2.56. The number of nitrogens with one attached hydrogen (secondary N) is 2. The monoisotopic (exact) mass is 392 g/mol. The third-order valence-corrected chi connectivity index (χ3v) is 4.18. The first-order chi connectivity index (χ1) is 13.1. The van der Waals surface area contributed by atoms with E-state index in [1.54, 1.807) is 38.1 Å². The zero-order chi connectivity index (χ0) is 21.3. The number of carbonyl (C=O) groups excluding carboxylic acids is 3. The molecule has 0 aliphatic rings. The molecule has 0 bridgehead atoms. The van der Waals surface area contributed by atoms with E-state index in [1.807, 2.05) is 6.07 Å². The van der Waals surface area contributed by atoms with E-state index >= 15 is 0 Å². The van der Waals surface area contributed by atoms with Crippen molar-refractivity contribution in [2.45, 2.75) is 51.2 Å². The number of hydrogen-bond donors (Lipinski definition) is 5. The fraction of sp³-hybridized carbons (Fsp3) is 0.474. The molecule has 3 atom stereocenters. The van der Waals surface area contributed by atoms with Gasteiger partial charge in [-0.05, 0) is 17.9 Å². The van der Waals surface area contributed by atoms with Crippen molar-refractivity contribution in [2.75, 3.05) is 0 Å². The van der Waals surface area contributed by atoms with Crippen molar-refractivity contribution in [3.05, 3.63) is 35.9 Å². The SMILES string of the molecule is CC(C)[C@H](NC(=O)[C@H](Cc1ccccc1)NC(=O)[C@@H](N)CCC(N)=O)C(=O)O. The Bertz CT molecular complexity index is 693. The van der Waals surface area contributed by atoms with Gasteiger partial charge in [0.15, 0.2) is 0 Å². The standard InChI is InChI=1S/C19H28N4O5/c1-11(2)16(19(27)28)23-18(26)14(10-12-6-4-3-5-7-12)22-17(25)13(20)8-9-15(21)24/h3-7,11,13-14,16H,8-10,20H2,1-2H3,(H2,21,24)(H,22,25)(H,23,26)(H,27,28)/t13-,14-,16-/m0/s1. The number of carbonyl (C=O) groups is 4. The highest BCUT2D eigenvalue weighted by Crippen LogP contribution is 2.07. The largest absolute Gasteiger partial charge is 0.480 e. The lowest BCUT2D eigenvalue weighted by atomic mass is 10.0. The molecule has 7 N–H and O–H groups in total. The van der Waals surface area contributed by atoms with E-state index in [0.717, 1.165) is 5.56 Å².